The number of benzene rings is 3. The van der Waals surface area contributed by atoms with Gasteiger partial charge in [0.25, 0.3) is 10.0 Å². The van der Waals surface area contributed by atoms with Crippen molar-refractivity contribution in [2.75, 3.05) is 37.5 Å². The van der Waals surface area contributed by atoms with Crippen molar-refractivity contribution in [2.45, 2.75) is 11.1 Å². The maximum absolute atomic E-state index is 13.6. The molecule has 0 radical (unpaired) electrons. The molecule has 0 fully saturated rings. The summed E-state index contributed by atoms with van der Waals surface area (Å²) in [4.78, 5) is 12.7. The lowest BCUT2D eigenvalue weighted by Crippen LogP contribution is -2.38. The maximum Gasteiger partial charge on any atom is 0.417 e. The van der Waals surface area contributed by atoms with E-state index in [0.29, 0.717) is 17.6 Å². The van der Waals surface area contributed by atoms with E-state index in [1.165, 1.54) is 69.9 Å². The van der Waals surface area contributed by atoms with Gasteiger partial charge in [0, 0.05) is 11.8 Å². The Morgan fingerprint density at radius 3 is 2.14 bits per heavy atom. The minimum atomic E-state index is -4.75. The number of carbonyl (C=O) groups excluding carboxylic acids is 1. The molecule has 0 aliphatic carbocycles. The molecule has 0 aromatic heterocycles. The van der Waals surface area contributed by atoms with Crippen LogP contribution in [0.3, 0.4) is 0 Å². The molecule has 0 unspecified atom stereocenters. The highest BCUT2D eigenvalue weighted by atomic mass is 35.5. The van der Waals surface area contributed by atoms with Crippen LogP contribution in [0.4, 0.5) is 24.5 Å². The Morgan fingerprint density at radius 1 is 0.919 bits per heavy atom. The average molecular weight is 559 g/mol. The van der Waals surface area contributed by atoms with Crippen molar-refractivity contribution in [1.29, 1.82) is 0 Å². The normalized spacial score (nSPS) is 11.5. The molecular weight excluding hydrogens is 537 g/mol. The first kappa shape index (κ1) is 27.9. The van der Waals surface area contributed by atoms with Crippen LogP contribution in [0.2, 0.25) is 5.02 Å². The molecule has 0 saturated heterocycles. The molecule has 3 rings (SSSR count). The Kier molecular flexibility index (Phi) is 8.44. The molecule has 3 aromatic rings. The number of carbonyl (C=O) groups is 1. The fourth-order valence-corrected chi connectivity index (χ4v) is 4.98. The van der Waals surface area contributed by atoms with Crippen molar-refractivity contribution in [1.82, 2.24) is 0 Å². The number of halogens is 4. The maximum atomic E-state index is 13.6. The Bertz CT molecular complexity index is 1380. The number of rotatable bonds is 9. The molecule has 0 aliphatic rings. The second-order valence-corrected chi connectivity index (χ2v) is 9.74. The highest BCUT2D eigenvalue weighted by molar-refractivity contribution is 7.92. The molecule has 198 valence electrons. The standard InChI is InChI=1S/C24H22ClF3N2O6S/c1-34-17-7-5-16(6-8-17)30(37(32,33)18-9-11-21(35-2)22(13-18)36-3)14-23(31)29-15-4-10-20(25)19(12-15)24(26,27)28/h4-13H,14H2,1-3H3,(H,29,31). The summed E-state index contributed by atoms with van der Waals surface area (Å²) in [5.74, 6) is -0.0187. The SMILES string of the molecule is COc1ccc(N(CC(=O)Nc2ccc(Cl)c(C(F)(F)F)c2)S(=O)(=O)c2ccc(OC)c(OC)c2)cc1. The van der Waals surface area contributed by atoms with Gasteiger partial charge in [-0.25, -0.2) is 8.42 Å². The van der Waals surface area contributed by atoms with E-state index in [-0.39, 0.29) is 22.0 Å². The topological polar surface area (TPSA) is 94.2 Å². The van der Waals surface area contributed by atoms with E-state index in [0.717, 1.165) is 10.4 Å². The zero-order valence-corrected chi connectivity index (χ0v) is 21.4. The van der Waals surface area contributed by atoms with Crippen LogP contribution in [0.1, 0.15) is 5.56 Å². The second kappa shape index (κ2) is 11.2. The summed E-state index contributed by atoms with van der Waals surface area (Å²) in [5, 5.41) is 1.76. The van der Waals surface area contributed by atoms with Crippen molar-refractivity contribution < 1.29 is 40.6 Å². The minimum absolute atomic E-state index is 0.109. The van der Waals surface area contributed by atoms with Gasteiger partial charge in [0.15, 0.2) is 11.5 Å². The Morgan fingerprint density at radius 2 is 1.57 bits per heavy atom. The zero-order chi connectivity index (χ0) is 27.4. The van der Waals surface area contributed by atoms with Crippen LogP contribution in [0.5, 0.6) is 17.2 Å². The molecule has 0 heterocycles. The number of hydrogen-bond donors (Lipinski definition) is 1. The summed E-state index contributed by atoms with van der Waals surface area (Å²) >= 11 is 5.63. The summed E-state index contributed by atoms with van der Waals surface area (Å²) in [7, 11) is -0.202. The lowest BCUT2D eigenvalue weighted by atomic mass is 10.2. The number of amides is 1. The Labute approximate surface area is 216 Å². The first-order valence-electron chi connectivity index (χ1n) is 10.5. The second-order valence-electron chi connectivity index (χ2n) is 7.47. The summed E-state index contributed by atoms with van der Waals surface area (Å²) in [5.41, 5.74) is -1.24. The third-order valence-electron chi connectivity index (χ3n) is 5.15. The summed E-state index contributed by atoms with van der Waals surface area (Å²) in [6.07, 6.45) is -4.75. The highest BCUT2D eigenvalue weighted by Gasteiger charge is 2.34. The van der Waals surface area contributed by atoms with Crippen molar-refractivity contribution in [3.05, 3.63) is 71.2 Å². The van der Waals surface area contributed by atoms with Gasteiger partial charge >= 0.3 is 6.18 Å². The van der Waals surface area contributed by atoms with Gasteiger partial charge in [-0.05, 0) is 54.6 Å². The zero-order valence-electron chi connectivity index (χ0n) is 19.8. The molecule has 1 N–H and O–H groups in total. The average Bonchev–Trinajstić information content (AvgIpc) is 2.87. The predicted molar refractivity (Wildman–Crippen MR) is 132 cm³/mol. The van der Waals surface area contributed by atoms with Crippen molar-refractivity contribution in [3.63, 3.8) is 0 Å². The number of hydrogen-bond acceptors (Lipinski definition) is 6. The molecule has 0 atom stereocenters. The van der Waals surface area contributed by atoms with Gasteiger partial charge in [-0.3, -0.25) is 9.10 Å². The van der Waals surface area contributed by atoms with Crippen LogP contribution >= 0.6 is 11.6 Å². The first-order chi connectivity index (χ1) is 17.4. The molecule has 37 heavy (non-hydrogen) atoms. The number of sulfonamides is 1. The molecule has 0 spiro atoms. The molecule has 13 heteroatoms. The quantitative estimate of drug-likeness (QED) is 0.387. The van der Waals surface area contributed by atoms with Crippen molar-refractivity contribution in [3.8, 4) is 17.2 Å². The third-order valence-corrected chi connectivity index (χ3v) is 7.25. The molecule has 8 nitrogen and oxygen atoms in total. The lowest BCUT2D eigenvalue weighted by Gasteiger charge is -2.25. The van der Waals surface area contributed by atoms with Gasteiger partial charge in [-0.1, -0.05) is 11.6 Å². The number of ether oxygens (including phenoxy) is 3. The van der Waals surface area contributed by atoms with Crippen LogP contribution in [-0.4, -0.2) is 42.2 Å². The van der Waals surface area contributed by atoms with Gasteiger partial charge in [0.05, 0.1) is 42.5 Å². The summed E-state index contributed by atoms with van der Waals surface area (Å²) < 4.78 is 83.1. The summed E-state index contributed by atoms with van der Waals surface area (Å²) in [6.45, 7) is -0.757. The van der Waals surface area contributed by atoms with Crippen LogP contribution < -0.4 is 23.8 Å². The number of nitrogens with one attached hydrogen (secondary N) is 1. The first-order valence-corrected chi connectivity index (χ1v) is 12.3. The molecule has 3 aromatic carbocycles. The largest absolute Gasteiger partial charge is 0.497 e. The lowest BCUT2D eigenvalue weighted by molar-refractivity contribution is -0.137. The minimum Gasteiger partial charge on any atom is -0.497 e. The van der Waals surface area contributed by atoms with Gasteiger partial charge in [-0.2, -0.15) is 13.2 Å². The number of methoxy groups -OCH3 is 3. The van der Waals surface area contributed by atoms with Gasteiger partial charge in [0.1, 0.15) is 12.3 Å². The van der Waals surface area contributed by atoms with Gasteiger partial charge < -0.3 is 19.5 Å². The number of anilines is 2. The van der Waals surface area contributed by atoms with E-state index in [1.54, 1.807) is 0 Å². The van der Waals surface area contributed by atoms with E-state index in [2.05, 4.69) is 5.32 Å². The van der Waals surface area contributed by atoms with E-state index in [1.807, 2.05) is 0 Å². The molecule has 1 amide bonds. The number of alkyl halides is 3. The van der Waals surface area contributed by atoms with Crippen LogP contribution in [0, 0.1) is 0 Å². The monoisotopic (exact) mass is 558 g/mol. The molecule has 0 aliphatic heterocycles. The summed E-state index contributed by atoms with van der Waals surface area (Å²) in [6, 6.07) is 12.6. The van der Waals surface area contributed by atoms with Crippen molar-refractivity contribution >= 4 is 38.9 Å². The van der Waals surface area contributed by atoms with Crippen LogP contribution in [0.15, 0.2) is 65.6 Å². The van der Waals surface area contributed by atoms with Crippen LogP contribution in [0.25, 0.3) is 0 Å². The van der Waals surface area contributed by atoms with E-state index >= 15 is 0 Å². The Hall–Kier alpha value is -3.64. The van der Waals surface area contributed by atoms with E-state index in [4.69, 9.17) is 25.8 Å². The number of nitrogens with zero attached hydrogens (tertiary/aromatic N) is 1. The van der Waals surface area contributed by atoms with E-state index in [9.17, 15) is 26.4 Å². The predicted octanol–water partition coefficient (Wildman–Crippen LogP) is 5.22. The Balaban J connectivity index is 1.99. The van der Waals surface area contributed by atoms with Crippen molar-refractivity contribution in [2.24, 2.45) is 0 Å². The fourth-order valence-electron chi connectivity index (χ4n) is 3.32. The van der Waals surface area contributed by atoms with Gasteiger partial charge in [0.2, 0.25) is 5.91 Å². The fraction of sp³-hybridized carbons (Fsp3) is 0.208. The molecular formula is C24H22ClF3N2O6S. The highest BCUT2D eigenvalue weighted by Crippen LogP contribution is 2.36. The third kappa shape index (κ3) is 6.38. The molecule has 0 bridgehead atoms. The molecule has 0 saturated carbocycles. The smallest absolute Gasteiger partial charge is 0.417 e. The van der Waals surface area contributed by atoms with Crippen LogP contribution in [-0.2, 0) is 21.0 Å². The van der Waals surface area contributed by atoms with E-state index < -0.39 is 39.2 Å². The van der Waals surface area contributed by atoms with Gasteiger partial charge in [-0.15, -0.1) is 0 Å².